The first-order chi connectivity index (χ1) is 16.4. The van der Waals surface area contributed by atoms with Crippen LogP contribution in [0.1, 0.15) is 28.8 Å². The van der Waals surface area contributed by atoms with E-state index < -0.39 is 24.8 Å². The van der Waals surface area contributed by atoms with E-state index in [4.69, 9.17) is 0 Å². The molecule has 0 saturated carbocycles. The molecule has 1 aromatic carbocycles. The number of nitrogens with zero attached hydrogens (tertiary/aromatic N) is 4. The summed E-state index contributed by atoms with van der Waals surface area (Å²) < 4.78 is 27.2. The number of anilines is 3. The lowest BCUT2D eigenvalue weighted by Crippen LogP contribution is -2.43. The number of carbonyl (C=O) groups excluding carboxylic acids is 1. The van der Waals surface area contributed by atoms with Gasteiger partial charge in [0.1, 0.15) is 11.6 Å². The number of nitrogens with one attached hydrogen (secondary N) is 1. The van der Waals surface area contributed by atoms with E-state index >= 15 is 0 Å². The molecule has 0 unspecified atom stereocenters. The van der Waals surface area contributed by atoms with Gasteiger partial charge >= 0.3 is 0 Å². The predicted octanol–water partition coefficient (Wildman–Crippen LogP) is 5.31. The van der Waals surface area contributed by atoms with Crippen LogP contribution >= 0.6 is 0 Å². The van der Waals surface area contributed by atoms with E-state index in [1.54, 1.807) is 11.0 Å². The molecule has 8 nitrogen and oxygen atoms in total. The topological polar surface area (TPSA) is 91.6 Å². The van der Waals surface area contributed by atoms with Crippen molar-refractivity contribution in [1.29, 1.82) is 0 Å². The number of hydrogen-bond donors (Lipinski definition) is 1. The molecule has 1 N–H and O–H groups in total. The Morgan fingerprint density at radius 2 is 1.74 bits per heavy atom. The van der Waals surface area contributed by atoms with Crippen LogP contribution in [0.2, 0.25) is 25.2 Å². The van der Waals surface area contributed by atoms with Gasteiger partial charge in [-0.1, -0.05) is 13.1 Å². The minimum absolute atomic E-state index is 0.0588. The van der Waals surface area contributed by atoms with E-state index in [9.17, 15) is 23.7 Å². The average molecular weight is 504 g/mol. The molecule has 3 heterocycles. The molecule has 0 bridgehead atoms. The van der Waals surface area contributed by atoms with Crippen molar-refractivity contribution in [2.45, 2.75) is 50.9 Å². The fourth-order valence-electron chi connectivity index (χ4n) is 4.56. The van der Waals surface area contributed by atoms with Crippen molar-refractivity contribution in [3.63, 3.8) is 0 Å². The third kappa shape index (κ3) is 5.95. The number of amides is 1. The standard InChI is InChI=1S/C24H31F2N5O3Si/c1-17-14-21(27-22(15-17)30-8-6-24(25,26)7-9-30)28-23(32)19-5-4-18(31(33)34)16-20(19)29-10-12-35(2,3)13-11-29/h4-5,14-16H,6-13H2,1-3H3,(H,27,28,32). The van der Waals surface area contributed by atoms with Crippen LogP contribution in [-0.2, 0) is 0 Å². The van der Waals surface area contributed by atoms with Gasteiger partial charge in [0.25, 0.3) is 17.5 Å². The summed E-state index contributed by atoms with van der Waals surface area (Å²) in [5, 5.41) is 14.2. The zero-order valence-corrected chi connectivity index (χ0v) is 21.3. The molecule has 2 saturated heterocycles. The third-order valence-corrected chi connectivity index (χ3v) is 10.1. The van der Waals surface area contributed by atoms with Crippen molar-refractivity contribution in [3.05, 3.63) is 51.6 Å². The highest BCUT2D eigenvalue weighted by atomic mass is 28.3. The second kappa shape index (κ2) is 9.52. The molecule has 0 spiro atoms. The van der Waals surface area contributed by atoms with Gasteiger partial charge < -0.3 is 15.1 Å². The SMILES string of the molecule is Cc1cc(NC(=O)c2ccc([N+](=O)[O-])cc2N2CC[Si](C)(C)CC2)nc(N2CCC(F)(F)CC2)c1. The summed E-state index contributed by atoms with van der Waals surface area (Å²) in [6.45, 7) is 8.41. The Hall–Kier alpha value is -3.08. The van der Waals surface area contributed by atoms with Crippen LogP contribution < -0.4 is 15.1 Å². The van der Waals surface area contributed by atoms with Crippen molar-refractivity contribution in [2.75, 3.05) is 41.3 Å². The molecule has 11 heteroatoms. The molecule has 1 amide bonds. The van der Waals surface area contributed by atoms with Gasteiger partial charge in [-0.3, -0.25) is 14.9 Å². The zero-order chi connectivity index (χ0) is 25.4. The Kier molecular flexibility index (Phi) is 6.81. The number of piperidine rings is 1. The summed E-state index contributed by atoms with van der Waals surface area (Å²) in [5.74, 6) is -2.21. The number of alkyl halides is 2. The number of nitro benzene ring substituents is 1. The van der Waals surface area contributed by atoms with Gasteiger partial charge in [0.2, 0.25) is 0 Å². The summed E-state index contributed by atoms with van der Waals surface area (Å²) in [5.41, 5.74) is 1.68. The number of non-ortho nitro benzene ring substituents is 1. The van der Waals surface area contributed by atoms with Crippen molar-refractivity contribution in [1.82, 2.24) is 4.98 Å². The minimum atomic E-state index is -2.66. The molecular weight excluding hydrogens is 472 g/mol. The lowest BCUT2D eigenvalue weighted by atomic mass is 10.1. The normalized spacial score (nSPS) is 19.3. The van der Waals surface area contributed by atoms with Gasteiger partial charge in [0.15, 0.2) is 0 Å². The first-order valence-electron chi connectivity index (χ1n) is 11.9. The minimum Gasteiger partial charge on any atom is -0.371 e. The summed E-state index contributed by atoms with van der Waals surface area (Å²) in [6, 6.07) is 9.93. The molecule has 1 aromatic heterocycles. The molecule has 0 aliphatic carbocycles. The maximum absolute atomic E-state index is 13.6. The summed E-state index contributed by atoms with van der Waals surface area (Å²) in [7, 11) is -1.28. The average Bonchev–Trinajstić information content (AvgIpc) is 2.78. The second-order valence-electron chi connectivity index (χ2n) is 10.3. The molecule has 2 aromatic rings. The van der Waals surface area contributed by atoms with Crippen molar-refractivity contribution in [3.8, 4) is 0 Å². The number of nitro groups is 1. The van der Waals surface area contributed by atoms with Crippen LogP contribution in [0, 0.1) is 17.0 Å². The highest BCUT2D eigenvalue weighted by Gasteiger charge is 2.34. The number of halogens is 2. The van der Waals surface area contributed by atoms with Crippen LogP contribution in [0.25, 0.3) is 0 Å². The highest BCUT2D eigenvalue weighted by molar-refractivity contribution is 6.77. The first kappa shape index (κ1) is 25.0. The lowest BCUT2D eigenvalue weighted by Gasteiger charge is -2.37. The second-order valence-corrected chi connectivity index (χ2v) is 15.6. The summed E-state index contributed by atoms with van der Waals surface area (Å²) >= 11 is 0. The van der Waals surface area contributed by atoms with Crippen LogP contribution in [0.3, 0.4) is 0 Å². The van der Waals surface area contributed by atoms with Crippen molar-refractivity contribution >= 4 is 37.0 Å². The van der Waals surface area contributed by atoms with Crippen LogP contribution in [-0.4, -0.2) is 56.0 Å². The highest BCUT2D eigenvalue weighted by Crippen LogP contribution is 2.33. The van der Waals surface area contributed by atoms with Gasteiger partial charge in [-0.05, 0) is 42.8 Å². The van der Waals surface area contributed by atoms with Gasteiger partial charge in [-0.25, -0.2) is 13.8 Å². The largest absolute Gasteiger partial charge is 0.371 e. The van der Waals surface area contributed by atoms with Gasteiger partial charge in [-0.15, -0.1) is 0 Å². The monoisotopic (exact) mass is 503 g/mol. The number of carbonyl (C=O) groups is 1. The third-order valence-electron chi connectivity index (χ3n) is 6.91. The molecule has 2 aliphatic rings. The molecule has 4 rings (SSSR count). The number of aryl methyl sites for hydroxylation is 1. The van der Waals surface area contributed by atoms with Crippen molar-refractivity contribution < 1.29 is 18.5 Å². The summed E-state index contributed by atoms with van der Waals surface area (Å²) in [6.07, 6.45) is -0.460. The van der Waals surface area contributed by atoms with E-state index in [0.717, 1.165) is 30.7 Å². The Morgan fingerprint density at radius 3 is 2.37 bits per heavy atom. The Balaban J connectivity index is 1.58. The Labute approximate surface area is 204 Å². The molecule has 2 aliphatic heterocycles. The van der Waals surface area contributed by atoms with E-state index in [0.29, 0.717) is 22.9 Å². The van der Waals surface area contributed by atoms with Gasteiger partial charge in [0, 0.05) is 51.2 Å². The van der Waals surface area contributed by atoms with Crippen LogP contribution in [0.4, 0.5) is 31.8 Å². The number of pyridine rings is 1. The first-order valence-corrected chi connectivity index (χ1v) is 15.3. The zero-order valence-electron chi connectivity index (χ0n) is 20.3. The van der Waals surface area contributed by atoms with E-state index in [2.05, 4.69) is 28.3 Å². The van der Waals surface area contributed by atoms with Crippen molar-refractivity contribution in [2.24, 2.45) is 0 Å². The van der Waals surface area contributed by atoms with Crippen LogP contribution in [0.15, 0.2) is 30.3 Å². The van der Waals surface area contributed by atoms with E-state index in [1.807, 2.05) is 13.0 Å². The maximum atomic E-state index is 13.6. The van der Waals surface area contributed by atoms with E-state index in [1.165, 1.54) is 18.2 Å². The Bertz CT molecular complexity index is 1120. The molecule has 0 atom stereocenters. The summed E-state index contributed by atoms with van der Waals surface area (Å²) in [4.78, 5) is 32.6. The van der Waals surface area contributed by atoms with Gasteiger partial charge in [0.05, 0.1) is 24.2 Å². The quantitative estimate of drug-likeness (QED) is 0.338. The number of rotatable bonds is 5. The van der Waals surface area contributed by atoms with E-state index in [-0.39, 0.29) is 31.6 Å². The fraction of sp³-hybridized carbons (Fsp3) is 0.500. The van der Waals surface area contributed by atoms with Crippen LogP contribution in [0.5, 0.6) is 0 Å². The number of aromatic nitrogens is 1. The molecular formula is C24H31F2N5O3Si. The predicted molar refractivity (Wildman–Crippen MR) is 136 cm³/mol. The smallest absolute Gasteiger partial charge is 0.271 e. The lowest BCUT2D eigenvalue weighted by molar-refractivity contribution is -0.384. The molecule has 2 fully saturated rings. The fourth-order valence-corrected chi connectivity index (χ4v) is 6.56. The number of hydrogen-bond acceptors (Lipinski definition) is 6. The number of benzene rings is 1. The molecule has 0 radical (unpaired) electrons. The molecule has 35 heavy (non-hydrogen) atoms. The maximum Gasteiger partial charge on any atom is 0.271 e. The Morgan fingerprint density at radius 1 is 1.09 bits per heavy atom. The van der Waals surface area contributed by atoms with Gasteiger partial charge in [-0.2, -0.15) is 0 Å². The molecule has 188 valence electrons.